The molecule has 0 aliphatic carbocycles. The monoisotopic (exact) mass is 264 g/mol. The van der Waals surface area contributed by atoms with Gasteiger partial charge in [-0.15, -0.1) is 0 Å². The lowest BCUT2D eigenvalue weighted by atomic mass is 10.1. The Labute approximate surface area is 111 Å². The van der Waals surface area contributed by atoms with E-state index < -0.39 is 12.0 Å². The SMILES string of the molecule is CNC(=O)C1COCCN1c1ccccc1C(=O)O. The zero-order valence-corrected chi connectivity index (χ0v) is 10.6. The molecule has 1 aliphatic rings. The topological polar surface area (TPSA) is 78.9 Å². The van der Waals surface area contributed by atoms with Crippen molar-refractivity contribution in [1.82, 2.24) is 5.32 Å². The highest BCUT2D eigenvalue weighted by Gasteiger charge is 2.31. The minimum atomic E-state index is -1.00. The first kappa shape index (κ1) is 13.4. The van der Waals surface area contributed by atoms with Gasteiger partial charge in [-0.3, -0.25) is 4.79 Å². The van der Waals surface area contributed by atoms with Crippen LogP contribution in [0.4, 0.5) is 5.69 Å². The molecule has 19 heavy (non-hydrogen) atoms. The van der Waals surface area contributed by atoms with Crippen LogP contribution in [0, 0.1) is 0 Å². The summed E-state index contributed by atoms with van der Waals surface area (Å²) in [5.41, 5.74) is 0.741. The summed E-state index contributed by atoms with van der Waals surface area (Å²) in [7, 11) is 1.55. The third-order valence-corrected chi connectivity index (χ3v) is 3.12. The number of amides is 1. The maximum absolute atomic E-state index is 11.9. The van der Waals surface area contributed by atoms with Gasteiger partial charge >= 0.3 is 5.97 Å². The predicted octanol–water partition coefficient (Wildman–Crippen LogP) is 0.336. The summed E-state index contributed by atoms with van der Waals surface area (Å²) in [4.78, 5) is 24.9. The van der Waals surface area contributed by atoms with Gasteiger partial charge < -0.3 is 20.1 Å². The lowest BCUT2D eigenvalue weighted by Crippen LogP contribution is -2.53. The number of carboxylic acid groups (broad SMARTS) is 1. The van der Waals surface area contributed by atoms with Crippen molar-refractivity contribution in [3.63, 3.8) is 0 Å². The zero-order chi connectivity index (χ0) is 13.8. The van der Waals surface area contributed by atoms with Crippen LogP contribution in [0.3, 0.4) is 0 Å². The number of likely N-dealkylation sites (N-methyl/N-ethyl adjacent to an activating group) is 1. The Balaban J connectivity index is 2.37. The molecule has 1 fully saturated rings. The van der Waals surface area contributed by atoms with Crippen molar-refractivity contribution < 1.29 is 19.4 Å². The quantitative estimate of drug-likeness (QED) is 0.823. The number of ether oxygens (including phenoxy) is 1. The van der Waals surface area contributed by atoms with Crippen molar-refractivity contribution >= 4 is 17.6 Å². The summed E-state index contributed by atoms with van der Waals surface area (Å²) >= 11 is 0. The Morgan fingerprint density at radius 2 is 2.16 bits per heavy atom. The highest BCUT2D eigenvalue weighted by molar-refractivity contribution is 5.96. The van der Waals surface area contributed by atoms with Crippen LogP contribution in [0.15, 0.2) is 24.3 Å². The van der Waals surface area contributed by atoms with Crippen molar-refractivity contribution in [1.29, 1.82) is 0 Å². The number of rotatable bonds is 3. The van der Waals surface area contributed by atoms with Gasteiger partial charge in [-0.05, 0) is 12.1 Å². The molecule has 1 aromatic rings. The second-order valence-electron chi connectivity index (χ2n) is 4.22. The number of anilines is 1. The van der Waals surface area contributed by atoms with E-state index in [4.69, 9.17) is 4.74 Å². The van der Waals surface area contributed by atoms with Crippen LogP contribution in [0.5, 0.6) is 0 Å². The first-order valence-corrected chi connectivity index (χ1v) is 6.03. The molecule has 1 saturated heterocycles. The molecule has 0 radical (unpaired) electrons. The van der Waals surface area contributed by atoms with Gasteiger partial charge in [0.1, 0.15) is 6.04 Å². The largest absolute Gasteiger partial charge is 0.478 e. The lowest BCUT2D eigenvalue weighted by Gasteiger charge is -2.36. The van der Waals surface area contributed by atoms with E-state index in [1.54, 1.807) is 30.1 Å². The van der Waals surface area contributed by atoms with Crippen LogP contribution in [0.25, 0.3) is 0 Å². The molecular weight excluding hydrogens is 248 g/mol. The van der Waals surface area contributed by atoms with Crippen LogP contribution in [0.2, 0.25) is 0 Å². The van der Waals surface area contributed by atoms with Crippen LogP contribution in [-0.4, -0.2) is 49.8 Å². The summed E-state index contributed by atoms with van der Waals surface area (Å²) in [6.07, 6.45) is 0. The summed E-state index contributed by atoms with van der Waals surface area (Å²) in [6.45, 7) is 1.22. The minimum absolute atomic E-state index is 0.181. The van der Waals surface area contributed by atoms with E-state index in [-0.39, 0.29) is 18.1 Å². The summed E-state index contributed by atoms with van der Waals surface area (Å²) < 4.78 is 5.31. The van der Waals surface area contributed by atoms with Crippen LogP contribution in [-0.2, 0) is 9.53 Å². The molecule has 0 saturated carbocycles. The number of nitrogens with zero attached hydrogens (tertiary/aromatic N) is 1. The number of carbonyl (C=O) groups excluding carboxylic acids is 1. The predicted molar refractivity (Wildman–Crippen MR) is 69.4 cm³/mol. The fraction of sp³-hybridized carbons (Fsp3) is 0.385. The Bertz CT molecular complexity index is 489. The molecular formula is C13H16N2O4. The molecule has 2 N–H and O–H groups in total. The molecule has 1 aliphatic heterocycles. The summed E-state index contributed by atoms with van der Waals surface area (Å²) in [5, 5.41) is 11.8. The molecule has 1 unspecified atom stereocenters. The fourth-order valence-corrected chi connectivity index (χ4v) is 2.18. The van der Waals surface area contributed by atoms with E-state index in [0.29, 0.717) is 18.8 Å². The second kappa shape index (κ2) is 5.71. The van der Waals surface area contributed by atoms with Gasteiger partial charge in [-0.1, -0.05) is 12.1 Å². The fourth-order valence-electron chi connectivity index (χ4n) is 2.18. The highest BCUT2D eigenvalue weighted by atomic mass is 16.5. The van der Waals surface area contributed by atoms with Gasteiger partial charge in [0, 0.05) is 13.6 Å². The van der Waals surface area contributed by atoms with Gasteiger partial charge in [-0.2, -0.15) is 0 Å². The third-order valence-electron chi connectivity index (χ3n) is 3.12. The average molecular weight is 264 g/mol. The van der Waals surface area contributed by atoms with E-state index in [1.165, 1.54) is 6.07 Å². The van der Waals surface area contributed by atoms with Gasteiger partial charge in [0.05, 0.1) is 24.5 Å². The number of morpholine rings is 1. The van der Waals surface area contributed by atoms with Crippen LogP contribution in [0.1, 0.15) is 10.4 Å². The first-order valence-electron chi connectivity index (χ1n) is 6.03. The van der Waals surface area contributed by atoms with Crippen molar-refractivity contribution in [2.45, 2.75) is 6.04 Å². The molecule has 1 atom stereocenters. The van der Waals surface area contributed by atoms with Crippen LogP contribution < -0.4 is 10.2 Å². The molecule has 6 heteroatoms. The van der Waals surface area contributed by atoms with Crippen LogP contribution >= 0.6 is 0 Å². The highest BCUT2D eigenvalue weighted by Crippen LogP contribution is 2.24. The number of para-hydroxylation sites is 1. The normalized spacial score (nSPS) is 19.0. The van der Waals surface area contributed by atoms with E-state index >= 15 is 0 Å². The number of hydrogen-bond acceptors (Lipinski definition) is 4. The minimum Gasteiger partial charge on any atom is -0.478 e. The maximum atomic E-state index is 11.9. The van der Waals surface area contributed by atoms with Crippen molar-refractivity contribution in [2.24, 2.45) is 0 Å². The molecule has 102 valence electrons. The number of nitrogens with one attached hydrogen (secondary N) is 1. The maximum Gasteiger partial charge on any atom is 0.337 e. The number of benzene rings is 1. The number of carbonyl (C=O) groups is 2. The Hall–Kier alpha value is -2.08. The molecule has 0 spiro atoms. The van der Waals surface area contributed by atoms with Crippen molar-refractivity contribution in [3.8, 4) is 0 Å². The van der Waals surface area contributed by atoms with E-state index in [1.807, 2.05) is 0 Å². The lowest BCUT2D eigenvalue weighted by molar-refractivity contribution is -0.124. The average Bonchev–Trinajstić information content (AvgIpc) is 2.46. The third kappa shape index (κ3) is 2.68. The number of aromatic carboxylic acids is 1. The molecule has 1 amide bonds. The van der Waals surface area contributed by atoms with Gasteiger partial charge in [0.15, 0.2) is 0 Å². The van der Waals surface area contributed by atoms with Gasteiger partial charge in [0.2, 0.25) is 5.91 Å². The molecule has 6 nitrogen and oxygen atoms in total. The molecule has 0 bridgehead atoms. The van der Waals surface area contributed by atoms with Gasteiger partial charge in [0.25, 0.3) is 0 Å². The van der Waals surface area contributed by atoms with Crippen molar-refractivity contribution in [2.75, 3.05) is 31.7 Å². The molecule has 1 aromatic carbocycles. The Kier molecular flexibility index (Phi) is 4.01. The molecule has 1 heterocycles. The smallest absolute Gasteiger partial charge is 0.337 e. The van der Waals surface area contributed by atoms with E-state index in [2.05, 4.69) is 5.32 Å². The number of hydrogen-bond donors (Lipinski definition) is 2. The Morgan fingerprint density at radius 3 is 2.84 bits per heavy atom. The van der Waals surface area contributed by atoms with E-state index in [9.17, 15) is 14.7 Å². The van der Waals surface area contributed by atoms with E-state index in [0.717, 1.165) is 0 Å². The zero-order valence-electron chi connectivity index (χ0n) is 10.6. The standard InChI is InChI=1S/C13H16N2O4/c1-14-12(16)11-8-19-7-6-15(11)10-5-3-2-4-9(10)13(17)18/h2-5,11H,6-8H2,1H3,(H,14,16)(H,17,18). The molecule has 2 rings (SSSR count). The first-order chi connectivity index (χ1) is 9.15. The number of carboxylic acids is 1. The van der Waals surface area contributed by atoms with Gasteiger partial charge in [-0.25, -0.2) is 4.79 Å². The Morgan fingerprint density at radius 1 is 1.42 bits per heavy atom. The van der Waals surface area contributed by atoms with Crippen molar-refractivity contribution in [3.05, 3.63) is 29.8 Å². The second-order valence-corrected chi connectivity index (χ2v) is 4.22. The summed E-state index contributed by atoms with van der Waals surface area (Å²) in [6, 6.07) is 6.18. The summed E-state index contributed by atoms with van der Waals surface area (Å²) in [5.74, 6) is -1.18. The molecule has 0 aromatic heterocycles.